The molecule has 1 amide bonds. The van der Waals surface area contributed by atoms with Crippen molar-refractivity contribution in [3.63, 3.8) is 0 Å². The van der Waals surface area contributed by atoms with Crippen LogP contribution in [0.1, 0.15) is 21.7 Å². The lowest BCUT2D eigenvalue weighted by atomic mass is 10.1. The van der Waals surface area contributed by atoms with Gasteiger partial charge in [-0.05, 0) is 36.8 Å². The molecule has 0 unspecified atom stereocenters. The third-order valence-corrected chi connectivity index (χ3v) is 5.12. The van der Waals surface area contributed by atoms with Gasteiger partial charge < -0.3 is 9.32 Å². The molecule has 4 rings (SSSR count). The number of piperazine rings is 1. The van der Waals surface area contributed by atoms with E-state index in [1.54, 1.807) is 12.3 Å². The third kappa shape index (κ3) is 3.32. The second-order valence-electron chi connectivity index (χ2n) is 6.63. The van der Waals surface area contributed by atoms with E-state index in [-0.39, 0.29) is 5.91 Å². The van der Waals surface area contributed by atoms with E-state index in [1.165, 1.54) is 5.56 Å². The highest BCUT2D eigenvalue weighted by Crippen LogP contribution is 2.29. The van der Waals surface area contributed by atoms with Crippen molar-refractivity contribution in [2.45, 2.75) is 13.5 Å². The minimum atomic E-state index is -0.0455. The number of hydrogen-bond acceptors (Lipinski definition) is 4. The lowest BCUT2D eigenvalue weighted by molar-refractivity contribution is 0.0599. The third-order valence-electron chi connectivity index (χ3n) is 4.88. The molecular formula is C20H20ClN3O2. The number of carbonyl (C=O) groups excluding carboxylic acids is 1. The van der Waals surface area contributed by atoms with Crippen molar-refractivity contribution >= 4 is 28.5 Å². The summed E-state index contributed by atoms with van der Waals surface area (Å²) in [4.78, 5) is 21.3. The molecule has 134 valence electrons. The maximum atomic E-state index is 12.9. The first kappa shape index (κ1) is 17.1. The van der Waals surface area contributed by atoms with E-state index < -0.39 is 0 Å². The first-order valence-corrected chi connectivity index (χ1v) is 9.09. The molecule has 1 aliphatic heterocycles. The maximum absolute atomic E-state index is 12.9. The Bertz CT molecular complexity index is 931. The Morgan fingerprint density at radius 3 is 2.77 bits per heavy atom. The molecule has 1 saturated heterocycles. The van der Waals surface area contributed by atoms with Crippen LogP contribution in [0.4, 0.5) is 0 Å². The van der Waals surface area contributed by atoms with Crippen molar-refractivity contribution in [3.05, 3.63) is 64.6 Å². The zero-order chi connectivity index (χ0) is 18.1. The average Bonchev–Trinajstić information content (AvgIpc) is 2.99. The molecule has 1 aromatic carbocycles. The largest absolute Gasteiger partial charge is 0.451 e. The van der Waals surface area contributed by atoms with Crippen molar-refractivity contribution in [3.8, 4) is 0 Å². The van der Waals surface area contributed by atoms with Gasteiger partial charge in [0.25, 0.3) is 5.91 Å². The summed E-state index contributed by atoms with van der Waals surface area (Å²) in [5.74, 6) is 0.374. The molecule has 1 aliphatic rings. The van der Waals surface area contributed by atoms with Gasteiger partial charge in [0.15, 0.2) is 5.76 Å². The van der Waals surface area contributed by atoms with E-state index in [4.69, 9.17) is 16.0 Å². The van der Waals surface area contributed by atoms with Gasteiger partial charge in [0.05, 0.1) is 0 Å². The fourth-order valence-electron chi connectivity index (χ4n) is 3.40. The van der Waals surface area contributed by atoms with E-state index in [0.717, 1.165) is 30.6 Å². The van der Waals surface area contributed by atoms with Crippen LogP contribution in [-0.4, -0.2) is 46.9 Å². The molecule has 0 spiro atoms. The highest BCUT2D eigenvalue weighted by Gasteiger charge is 2.26. The number of pyridine rings is 1. The van der Waals surface area contributed by atoms with Crippen molar-refractivity contribution < 1.29 is 9.21 Å². The molecule has 0 N–H and O–H groups in total. The molecule has 0 aliphatic carbocycles. The van der Waals surface area contributed by atoms with Gasteiger partial charge in [0, 0.05) is 61.1 Å². The van der Waals surface area contributed by atoms with Gasteiger partial charge in [0.2, 0.25) is 0 Å². The van der Waals surface area contributed by atoms with Crippen LogP contribution in [0.25, 0.3) is 11.0 Å². The van der Waals surface area contributed by atoms with Gasteiger partial charge in [-0.3, -0.25) is 14.7 Å². The summed E-state index contributed by atoms with van der Waals surface area (Å²) in [5, 5.41) is 1.54. The number of aromatic nitrogens is 1. The van der Waals surface area contributed by atoms with Crippen LogP contribution in [0.2, 0.25) is 5.02 Å². The number of amides is 1. The Morgan fingerprint density at radius 1 is 1.23 bits per heavy atom. The maximum Gasteiger partial charge on any atom is 0.289 e. The van der Waals surface area contributed by atoms with E-state index >= 15 is 0 Å². The average molecular weight is 370 g/mol. The molecule has 6 heteroatoms. The fourth-order valence-corrected chi connectivity index (χ4v) is 3.57. The Labute approximate surface area is 157 Å². The van der Waals surface area contributed by atoms with E-state index in [0.29, 0.717) is 29.5 Å². The monoisotopic (exact) mass is 369 g/mol. The summed E-state index contributed by atoms with van der Waals surface area (Å²) in [5.41, 5.74) is 2.74. The van der Waals surface area contributed by atoms with Crippen LogP contribution in [0.5, 0.6) is 0 Å². The quantitative estimate of drug-likeness (QED) is 0.705. The predicted molar refractivity (Wildman–Crippen MR) is 101 cm³/mol. The van der Waals surface area contributed by atoms with Crippen molar-refractivity contribution in [2.75, 3.05) is 26.2 Å². The molecule has 2 aromatic heterocycles. The second-order valence-corrected chi connectivity index (χ2v) is 7.06. The number of benzene rings is 1. The minimum absolute atomic E-state index is 0.0455. The molecule has 0 saturated carbocycles. The molecule has 3 aromatic rings. The molecule has 26 heavy (non-hydrogen) atoms. The molecule has 3 heterocycles. The van der Waals surface area contributed by atoms with Crippen molar-refractivity contribution in [1.82, 2.24) is 14.8 Å². The molecule has 5 nitrogen and oxygen atoms in total. The van der Waals surface area contributed by atoms with Crippen molar-refractivity contribution in [1.29, 1.82) is 0 Å². The van der Waals surface area contributed by atoms with Gasteiger partial charge in [-0.1, -0.05) is 17.7 Å². The normalized spacial score (nSPS) is 15.5. The van der Waals surface area contributed by atoms with Gasteiger partial charge >= 0.3 is 0 Å². The van der Waals surface area contributed by atoms with Crippen molar-refractivity contribution in [2.24, 2.45) is 0 Å². The van der Waals surface area contributed by atoms with Gasteiger partial charge in [-0.25, -0.2) is 0 Å². The summed E-state index contributed by atoms with van der Waals surface area (Å²) in [6.45, 7) is 5.83. The van der Waals surface area contributed by atoms with Crippen LogP contribution in [-0.2, 0) is 6.54 Å². The fraction of sp³-hybridized carbons (Fsp3) is 0.300. The number of halogens is 1. The lowest BCUT2D eigenvalue weighted by Crippen LogP contribution is -2.48. The molecule has 0 radical (unpaired) electrons. The van der Waals surface area contributed by atoms with Gasteiger partial charge in [-0.2, -0.15) is 0 Å². The Morgan fingerprint density at radius 2 is 2.04 bits per heavy atom. The van der Waals surface area contributed by atoms with Crippen LogP contribution in [0, 0.1) is 6.92 Å². The Kier molecular flexibility index (Phi) is 4.66. The van der Waals surface area contributed by atoms with E-state index in [9.17, 15) is 4.79 Å². The highest BCUT2D eigenvalue weighted by atomic mass is 35.5. The number of fused-ring (bicyclic) bond motifs is 1. The van der Waals surface area contributed by atoms with Gasteiger partial charge in [0.1, 0.15) is 5.58 Å². The summed E-state index contributed by atoms with van der Waals surface area (Å²) in [6.07, 6.45) is 3.67. The zero-order valence-corrected chi connectivity index (χ0v) is 15.4. The zero-order valence-electron chi connectivity index (χ0n) is 14.6. The first-order chi connectivity index (χ1) is 12.6. The molecule has 0 bridgehead atoms. The van der Waals surface area contributed by atoms with Crippen LogP contribution in [0.15, 0.2) is 47.1 Å². The summed E-state index contributed by atoms with van der Waals surface area (Å²) >= 11 is 6.06. The van der Waals surface area contributed by atoms with Gasteiger partial charge in [-0.15, -0.1) is 0 Å². The lowest BCUT2D eigenvalue weighted by Gasteiger charge is -2.34. The summed E-state index contributed by atoms with van der Waals surface area (Å²) < 4.78 is 5.82. The summed E-state index contributed by atoms with van der Waals surface area (Å²) in [7, 11) is 0. The number of carbonyl (C=O) groups is 1. The standard InChI is InChI=1S/C20H20ClN3O2/c1-14-17-11-16(21)4-5-18(17)26-19(14)20(25)24-9-7-23(8-10-24)13-15-3-2-6-22-12-15/h2-6,11-12H,7-10,13H2,1H3. The minimum Gasteiger partial charge on any atom is -0.451 e. The Balaban J connectivity index is 1.44. The number of hydrogen-bond donors (Lipinski definition) is 0. The van der Waals surface area contributed by atoms with Crippen LogP contribution in [0.3, 0.4) is 0 Å². The van der Waals surface area contributed by atoms with E-state index in [1.807, 2.05) is 36.2 Å². The molecular weight excluding hydrogens is 350 g/mol. The number of furan rings is 1. The number of rotatable bonds is 3. The smallest absolute Gasteiger partial charge is 0.289 e. The second kappa shape index (κ2) is 7.09. The highest BCUT2D eigenvalue weighted by molar-refractivity contribution is 6.31. The molecule has 0 atom stereocenters. The first-order valence-electron chi connectivity index (χ1n) is 8.71. The molecule has 1 fully saturated rings. The topological polar surface area (TPSA) is 49.6 Å². The summed E-state index contributed by atoms with van der Waals surface area (Å²) in [6, 6.07) is 9.46. The number of aryl methyl sites for hydroxylation is 1. The number of nitrogens with zero attached hydrogens (tertiary/aromatic N) is 3. The SMILES string of the molecule is Cc1c(C(=O)N2CCN(Cc3cccnc3)CC2)oc2ccc(Cl)cc12. The predicted octanol–water partition coefficient (Wildman–Crippen LogP) is 3.75. The van der Waals surface area contributed by atoms with Crippen LogP contribution >= 0.6 is 11.6 Å². The Hall–Kier alpha value is -2.37. The van der Waals surface area contributed by atoms with E-state index in [2.05, 4.69) is 16.0 Å². The van der Waals surface area contributed by atoms with Crippen LogP contribution < -0.4 is 0 Å².